The minimum absolute atomic E-state index is 0.422. The van der Waals surface area contributed by atoms with E-state index in [1.807, 2.05) is 48.7 Å². The average molecular weight is 484 g/mol. The highest BCUT2D eigenvalue weighted by Crippen LogP contribution is 2.40. The van der Waals surface area contributed by atoms with E-state index in [9.17, 15) is 4.79 Å². The molecule has 3 aromatic heterocycles. The highest BCUT2D eigenvalue weighted by atomic mass is 32.2. The number of nitrogens with one attached hydrogen (secondary N) is 1. The summed E-state index contributed by atoms with van der Waals surface area (Å²) in [5.41, 5.74) is 3.26. The Kier molecular flexibility index (Phi) is 5.72. The lowest BCUT2D eigenvalue weighted by atomic mass is 10.00. The fraction of sp³-hybridized carbons (Fsp3) is 0.200. The summed E-state index contributed by atoms with van der Waals surface area (Å²) in [5, 5.41) is 26.7. The van der Waals surface area contributed by atoms with Crippen LogP contribution in [0.2, 0.25) is 0 Å². The Morgan fingerprint density at radius 1 is 1.22 bits per heavy atom. The topological polar surface area (TPSA) is 108 Å². The van der Waals surface area contributed by atoms with Crippen molar-refractivity contribution in [2.24, 2.45) is 0 Å². The van der Waals surface area contributed by atoms with Gasteiger partial charge in [0.1, 0.15) is 11.0 Å². The maximum absolute atomic E-state index is 12.9. The summed E-state index contributed by atoms with van der Waals surface area (Å²) in [4.78, 5) is 13.9. The zero-order valence-electron chi connectivity index (χ0n) is 17.1. The molecule has 1 aliphatic heterocycles. The minimum atomic E-state index is -0.460. The number of anilines is 1. The van der Waals surface area contributed by atoms with Crippen molar-refractivity contribution in [3.63, 3.8) is 0 Å². The first-order valence-corrected chi connectivity index (χ1v) is 12.3. The lowest BCUT2D eigenvalue weighted by Crippen LogP contribution is -2.30. The summed E-state index contributed by atoms with van der Waals surface area (Å²) in [6.07, 6.45) is 0. The number of benzene rings is 1. The van der Waals surface area contributed by atoms with E-state index in [4.69, 9.17) is 4.74 Å². The Labute approximate surface area is 195 Å². The third-order valence-electron chi connectivity index (χ3n) is 4.92. The van der Waals surface area contributed by atoms with Crippen molar-refractivity contribution in [2.75, 3.05) is 18.2 Å². The number of rotatable bonds is 6. The molecule has 162 valence electrons. The number of hydrogen-bond donors (Lipinski definition) is 1. The summed E-state index contributed by atoms with van der Waals surface area (Å²) < 4.78 is 7.57. The second-order valence-electron chi connectivity index (χ2n) is 6.85. The van der Waals surface area contributed by atoms with Crippen LogP contribution in [-0.2, 0) is 9.53 Å². The molecule has 32 heavy (non-hydrogen) atoms. The Morgan fingerprint density at radius 2 is 2.06 bits per heavy atom. The summed E-state index contributed by atoms with van der Waals surface area (Å²) in [6, 6.07) is 11.5. The molecule has 12 heteroatoms. The van der Waals surface area contributed by atoms with Gasteiger partial charge in [-0.2, -0.15) is 4.68 Å². The van der Waals surface area contributed by atoms with Crippen molar-refractivity contribution in [3.05, 3.63) is 63.5 Å². The smallest absolute Gasteiger partial charge is 0.338 e. The van der Waals surface area contributed by atoms with Gasteiger partial charge in [0, 0.05) is 21.9 Å². The van der Waals surface area contributed by atoms with Crippen LogP contribution in [0, 0.1) is 6.92 Å². The van der Waals surface area contributed by atoms with E-state index in [2.05, 4.69) is 31.0 Å². The van der Waals surface area contributed by atoms with E-state index in [0.717, 1.165) is 25.4 Å². The van der Waals surface area contributed by atoms with Crippen LogP contribution < -0.4 is 5.32 Å². The second kappa shape index (κ2) is 8.81. The maximum Gasteiger partial charge on any atom is 0.338 e. The number of ether oxygens (including phenoxy) is 1. The van der Waals surface area contributed by atoms with Crippen molar-refractivity contribution < 1.29 is 9.53 Å². The number of carbonyl (C=O) groups excluding carboxylic acids is 1. The van der Waals surface area contributed by atoms with Crippen LogP contribution in [0.5, 0.6) is 0 Å². The molecule has 9 nitrogen and oxygen atoms in total. The minimum Gasteiger partial charge on any atom is -0.466 e. The quantitative estimate of drug-likeness (QED) is 0.324. The maximum atomic E-state index is 12.9. The molecule has 4 heterocycles. The largest absolute Gasteiger partial charge is 0.466 e. The van der Waals surface area contributed by atoms with E-state index >= 15 is 0 Å². The molecule has 0 radical (unpaired) electrons. The number of fused-ring (bicyclic) bond motifs is 1. The van der Waals surface area contributed by atoms with Crippen molar-refractivity contribution in [3.8, 4) is 10.6 Å². The van der Waals surface area contributed by atoms with Crippen LogP contribution in [0.1, 0.15) is 16.5 Å². The first-order valence-electron chi connectivity index (χ1n) is 9.57. The average Bonchev–Trinajstić information content (AvgIpc) is 3.57. The molecular formula is C20H17N7O2S3. The van der Waals surface area contributed by atoms with Crippen LogP contribution in [0.3, 0.4) is 0 Å². The van der Waals surface area contributed by atoms with Crippen molar-refractivity contribution >= 4 is 46.4 Å². The van der Waals surface area contributed by atoms with E-state index in [0.29, 0.717) is 23.0 Å². The van der Waals surface area contributed by atoms with Gasteiger partial charge in [-0.15, -0.1) is 21.5 Å². The highest BCUT2D eigenvalue weighted by Gasteiger charge is 2.37. The number of tetrazole rings is 1. The number of methoxy groups -OCH3 is 1. The van der Waals surface area contributed by atoms with Crippen molar-refractivity contribution in [1.29, 1.82) is 0 Å². The molecule has 0 amide bonds. The fourth-order valence-electron chi connectivity index (χ4n) is 3.40. The van der Waals surface area contributed by atoms with Crippen LogP contribution in [0.25, 0.3) is 10.6 Å². The van der Waals surface area contributed by atoms with Gasteiger partial charge in [0.15, 0.2) is 4.34 Å². The molecule has 0 fully saturated rings. The number of hydrogen-bond acceptors (Lipinski definition) is 11. The Balaban J connectivity index is 1.48. The van der Waals surface area contributed by atoms with Gasteiger partial charge in [0.25, 0.3) is 0 Å². The van der Waals surface area contributed by atoms with Gasteiger partial charge in [-0.1, -0.05) is 58.5 Å². The summed E-state index contributed by atoms with van der Waals surface area (Å²) >= 11 is 4.57. The van der Waals surface area contributed by atoms with Crippen LogP contribution >= 0.6 is 34.4 Å². The van der Waals surface area contributed by atoms with Crippen LogP contribution in [-0.4, -0.2) is 49.2 Å². The van der Waals surface area contributed by atoms with E-state index in [1.165, 1.54) is 30.2 Å². The normalized spacial score (nSPS) is 15.4. The zero-order valence-corrected chi connectivity index (χ0v) is 19.5. The Hall–Kier alpha value is -3.09. The summed E-state index contributed by atoms with van der Waals surface area (Å²) in [6.45, 7) is 2.01. The number of carbonyl (C=O) groups is 1. The molecule has 0 saturated carbocycles. The molecule has 0 spiro atoms. The second-order valence-corrected chi connectivity index (χ2v) is 10.0. The third-order valence-corrected chi connectivity index (χ3v) is 8.12. The fourth-order valence-corrected chi connectivity index (χ4v) is 6.25. The monoisotopic (exact) mass is 483 g/mol. The number of nitrogens with zero attached hydrogens (tertiary/aromatic N) is 6. The SMILES string of the molecule is COC(=O)C1=C(CSc2nnc(-c3ccccc3)s2)Nc2nnnn2C1c1sccc1C. The molecule has 4 aromatic rings. The van der Waals surface area contributed by atoms with Crippen LogP contribution in [0.15, 0.2) is 57.4 Å². The molecule has 1 aliphatic rings. The number of aryl methyl sites for hydroxylation is 1. The summed E-state index contributed by atoms with van der Waals surface area (Å²) in [7, 11) is 1.38. The predicted molar refractivity (Wildman–Crippen MR) is 124 cm³/mol. The molecular weight excluding hydrogens is 466 g/mol. The molecule has 0 aliphatic carbocycles. The van der Waals surface area contributed by atoms with Gasteiger partial charge in [0.2, 0.25) is 5.95 Å². The Bertz CT molecular complexity index is 1300. The molecule has 0 bridgehead atoms. The molecule has 0 saturated heterocycles. The van der Waals surface area contributed by atoms with Gasteiger partial charge in [-0.05, 0) is 34.4 Å². The molecule has 1 N–H and O–H groups in total. The van der Waals surface area contributed by atoms with Gasteiger partial charge in [-0.3, -0.25) is 0 Å². The summed E-state index contributed by atoms with van der Waals surface area (Å²) in [5.74, 6) is 0.518. The van der Waals surface area contributed by atoms with Gasteiger partial charge in [-0.25, -0.2) is 4.79 Å². The number of thiophene rings is 1. The highest BCUT2D eigenvalue weighted by molar-refractivity contribution is 8.01. The number of thioether (sulfide) groups is 1. The van der Waals surface area contributed by atoms with Gasteiger partial charge < -0.3 is 10.1 Å². The molecule has 5 rings (SSSR count). The Morgan fingerprint density at radius 3 is 2.81 bits per heavy atom. The first kappa shape index (κ1) is 20.8. The van der Waals surface area contributed by atoms with E-state index < -0.39 is 12.0 Å². The molecule has 1 aromatic carbocycles. The van der Waals surface area contributed by atoms with E-state index in [-0.39, 0.29) is 0 Å². The van der Waals surface area contributed by atoms with E-state index in [1.54, 1.807) is 16.0 Å². The van der Waals surface area contributed by atoms with Crippen molar-refractivity contribution in [2.45, 2.75) is 17.3 Å². The third kappa shape index (κ3) is 3.80. The lowest BCUT2D eigenvalue weighted by Gasteiger charge is -2.27. The first-order chi connectivity index (χ1) is 15.7. The standard InChI is InChI=1S/C20H17N7O2S3/c1-11-8-9-30-16(11)15-14(18(28)29-2)13(21-19-23-25-26-27(15)19)10-31-20-24-22-17(32-20)12-6-4-3-5-7-12/h3-9,15H,10H2,1-2H3,(H,21,23,26). The van der Waals surface area contributed by atoms with Crippen LogP contribution in [0.4, 0.5) is 5.95 Å². The van der Waals surface area contributed by atoms with Gasteiger partial charge in [0.05, 0.1) is 12.7 Å². The van der Waals surface area contributed by atoms with Crippen molar-refractivity contribution in [1.82, 2.24) is 30.4 Å². The number of esters is 1. The molecule has 1 atom stereocenters. The molecule has 1 unspecified atom stereocenters. The lowest BCUT2D eigenvalue weighted by molar-refractivity contribution is -0.136. The van der Waals surface area contributed by atoms with Gasteiger partial charge >= 0.3 is 5.97 Å². The predicted octanol–water partition coefficient (Wildman–Crippen LogP) is 3.80. The zero-order chi connectivity index (χ0) is 22.1. The number of aromatic nitrogens is 6.